The molecule has 1 heterocycles. The van der Waals surface area contributed by atoms with E-state index in [1.807, 2.05) is 0 Å². The van der Waals surface area contributed by atoms with Crippen LogP contribution >= 0.6 is 0 Å². The fraction of sp³-hybridized carbons (Fsp3) is 0.0833. The Hall–Kier alpha value is -3.03. The number of aromatic hydroxyl groups is 1. The number of carbonyl (C=O) groups is 2. The van der Waals surface area contributed by atoms with Gasteiger partial charge < -0.3 is 24.6 Å². The van der Waals surface area contributed by atoms with Crippen LogP contribution in [0.3, 0.4) is 0 Å². The smallest absolute Gasteiger partial charge is 0.358 e. The van der Waals surface area contributed by atoms with E-state index in [1.54, 1.807) is 0 Å². The first kappa shape index (κ1) is 13.4. The van der Waals surface area contributed by atoms with Crippen LogP contribution in [-0.2, 0) is 0 Å². The Balaban J connectivity index is 2.62. The number of hydrogen-bond donors (Lipinski definition) is 3. The second-order valence-corrected chi connectivity index (χ2v) is 3.76. The largest absolute Gasteiger partial charge is 0.504 e. The molecule has 3 N–H and O–H groups in total. The highest BCUT2D eigenvalue weighted by Gasteiger charge is 2.20. The number of aromatic nitrogens is 1. The summed E-state index contributed by atoms with van der Waals surface area (Å²) in [7, 11) is 1.26. The van der Waals surface area contributed by atoms with Crippen LogP contribution in [0.5, 0.6) is 11.5 Å². The molecule has 0 aliphatic carbocycles. The van der Waals surface area contributed by atoms with E-state index in [-0.39, 0.29) is 34.1 Å². The van der Waals surface area contributed by atoms with E-state index in [2.05, 4.69) is 5.16 Å². The lowest BCUT2D eigenvalue weighted by molar-refractivity contribution is 0.0679. The highest BCUT2D eigenvalue weighted by atomic mass is 16.5. The average molecular weight is 279 g/mol. The summed E-state index contributed by atoms with van der Waals surface area (Å²) < 4.78 is 9.65. The van der Waals surface area contributed by atoms with Gasteiger partial charge in [0.25, 0.3) is 0 Å². The van der Waals surface area contributed by atoms with Crippen LogP contribution in [0.25, 0.3) is 11.3 Å². The van der Waals surface area contributed by atoms with Gasteiger partial charge in [0.1, 0.15) is 0 Å². The van der Waals surface area contributed by atoms with Crippen LogP contribution in [0.4, 0.5) is 0 Å². The SMILES string of the molecule is COc1cc(C(=O)O)cc(-c2cc(C(=O)O)no2)c1O. The van der Waals surface area contributed by atoms with Crippen molar-refractivity contribution in [3.05, 3.63) is 29.5 Å². The predicted molar refractivity (Wildman–Crippen MR) is 64.1 cm³/mol. The lowest BCUT2D eigenvalue weighted by Crippen LogP contribution is -1.98. The molecule has 0 fully saturated rings. The number of carboxylic acids is 2. The maximum atomic E-state index is 11.0. The van der Waals surface area contributed by atoms with Gasteiger partial charge in [0.05, 0.1) is 18.2 Å². The van der Waals surface area contributed by atoms with Crippen LogP contribution in [-0.4, -0.2) is 39.5 Å². The molecule has 104 valence electrons. The van der Waals surface area contributed by atoms with Crippen LogP contribution in [0.15, 0.2) is 22.7 Å². The first-order valence-corrected chi connectivity index (χ1v) is 5.28. The van der Waals surface area contributed by atoms with E-state index in [0.29, 0.717) is 0 Å². The topological polar surface area (TPSA) is 130 Å². The molecule has 0 spiro atoms. The number of carboxylic acid groups (broad SMARTS) is 2. The van der Waals surface area contributed by atoms with E-state index in [4.69, 9.17) is 19.5 Å². The van der Waals surface area contributed by atoms with Crippen molar-refractivity contribution in [2.75, 3.05) is 7.11 Å². The third kappa shape index (κ3) is 2.26. The number of aromatic carboxylic acids is 2. The summed E-state index contributed by atoms with van der Waals surface area (Å²) in [6, 6.07) is 3.34. The molecule has 0 saturated heterocycles. The highest BCUT2D eigenvalue weighted by Crippen LogP contribution is 2.38. The van der Waals surface area contributed by atoms with Gasteiger partial charge in [-0.2, -0.15) is 0 Å². The van der Waals surface area contributed by atoms with Gasteiger partial charge in [-0.05, 0) is 12.1 Å². The monoisotopic (exact) mass is 279 g/mol. The lowest BCUT2D eigenvalue weighted by Gasteiger charge is -2.08. The first-order valence-electron chi connectivity index (χ1n) is 5.28. The number of rotatable bonds is 4. The van der Waals surface area contributed by atoms with Gasteiger partial charge in [-0.3, -0.25) is 0 Å². The Morgan fingerprint density at radius 2 is 1.90 bits per heavy atom. The van der Waals surface area contributed by atoms with Gasteiger partial charge in [-0.15, -0.1) is 0 Å². The number of phenols is 1. The zero-order valence-corrected chi connectivity index (χ0v) is 10.2. The van der Waals surface area contributed by atoms with Crippen molar-refractivity contribution in [2.45, 2.75) is 0 Å². The Bertz CT molecular complexity index is 689. The minimum absolute atomic E-state index is 0.0262. The van der Waals surface area contributed by atoms with Crippen LogP contribution in [0.1, 0.15) is 20.8 Å². The molecule has 20 heavy (non-hydrogen) atoms. The van der Waals surface area contributed by atoms with Gasteiger partial charge in [-0.1, -0.05) is 5.16 Å². The van der Waals surface area contributed by atoms with E-state index in [1.165, 1.54) is 7.11 Å². The van der Waals surface area contributed by atoms with Crippen molar-refractivity contribution in [1.29, 1.82) is 0 Å². The van der Waals surface area contributed by atoms with Crippen molar-refractivity contribution in [3.63, 3.8) is 0 Å². The second-order valence-electron chi connectivity index (χ2n) is 3.76. The molecule has 0 aliphatic heterocycles. The molecule has 1 aromatic heterocycles. The summed E-state index contributed by atoms with van der Waals surface area (Å²) in [4.78, 5) is 21.7. The van der Waals surface area contributed by atoms with Gasteiger partial charge in [0, 0.05) is 6.07 Å². The minimum atomic E-state index is -1.30. The molecule has 0 amide bonds. The second kappa shape index (κ2) is 4.92. The van der Waals surface area contributed by atoms with Gasteiger partial charge in [0.15, 0.2) is 23.0 Å². The Kier molecular flexibility index (Phi) is 3.30. The van der Waals surface area contributed by atoms with Crippen molar-refractivity contribution in [2.24, 2.45) is 0 Å². The number of hydrogen-bond acceptors (Lipinski definition) is 6. The predicted octanol–water partition coefficient (Wildman–Crippen LogP) is 1.45. The zero-order chi connectivity index (χ0) is 14.9. The van der Waals surface area contributed by atoms with Crippen molar-refractivity contribution >= 4 is 11.9 Å². The van der Waals surface area contributed by atoms with Crippen LogP contribution in [0, 0.1) is 0 Å². The van der Waals surface area contributed by atoms with Gasteiger partial charge >= 0.3 is 11.9 Å². The number of ether oxygens (including phenoxy) is 1. The minimum Gasteiger partial charge on any atom is -0.504 e. The molecule has 0 bridgehead atoms. The van der Waals surface area contributed by atoms with E-state index in [0.717, 1.165) is 18.2 Å². The average Bonchev–Trinajstić information content (AvgIpc) is 2.88. The van der Waals surface area contributed by atoms with Crippen LogP contribution in [0.2, 0.25) is 0 Å². The maximum Gasteiger partial charge on any atom is 0.358 e. The summed E-state index contributed by atoms with van der Waals surface area (Å²) in [6.07, 6.45) is 0. The normalized spacial score (nSPS) is 10.2. The maximum absolute atomic E-state index is 11.0. The van der Waals surface area contributed by atoms with Gasteiger partial charge in [-0.25, -0.2) is 9.59 Å². The summed E-state index contributed by atoms with van der Waals surface area (Å²) in [5, 5.41) is 31.0. The molecule has 0 saturated carbocycles. The van der Waals surface area contributed by atoms with Crippen molar-refractivity contribution < 1.29 is 34.2 Å². The molecule has 0 atom stereocenters. The number of nitrogens with zero attached hydrogens (tertiary/aromatic N) is 1. The Morgan fingerprint density at radius 3 is 2.40 bits per heavy atom. The van der Waals surface area contributed by atoms with Gasteiger partial charge in [0.2, 0.25) is 0 Å². The van der Waals surface area contributed by atoms with Crippen molar-refractivity contribution in [3.8, 4) is 22.8 Å². The van der Waals surface area contributed by atoms with Crippen LogP contribution < -0.4 is 4.74 Å². The third-order valence-electron chi connectivity index (χ3n) is 2.54. The molecular formula is C12H9NO7. The first-order chi connectivity index (χ1) is 9.43. The fourth-order valence-corrected chi connectivity index (χ4v) is 1.58. The molecule has 8 nitrogen and oxygen atoms in total. The number of benzene rings is 1. The Labute approximate surface area is 111 Å². The molecule has 2 aromatic rings. The molecule has 1 aromatic carbocycles. The molecule has 0 aliphatic rings. The number of phenolic OH excluding ortho intramolecular Hbond substituents is 1. The molecule has 8 heteroatoms. The summed E-state index contributed by atoms with van der Waals surface area (Å²) in [5.41, 5.74) is -0.538. The standard InChI is InChI=1S/C12H9NO7/c1-19-9-3-5(11(15)16)2-6(10(9)14)8-4-7(12(17)18)13-20-8/h2-4,14H,1H3,(H,15,16)(H,17,18). The van der Waals surface area contributed by atoms with Crippen molar-refractivity contribution in [1.82, 2.24) is 5.16 Å². The van der Waals surface area contributed by atoms with E-state index < -0.39 is 11.9 Å². The summed E-state index contributed by atoms with van der Waals surface area (Å²) >= 11 is 0. The fourth-order valence-electron chi connectivity index (χ4n) is 1.58. The van der Waals surface area contributed by atoms with E-state index in [9.17, 15) is 14.7 Å². The Morgan fingerprint density at radius 1 is 1.20 bits per heavy atom. The number of methoxy groups -OCH3 is 1. The summed E-state index contributed by atoms with van der Waals surface area (Å²) in [5.74, 6) is -3.07. The lowest BCUT2D eigenvalue weighted by atomic mass is 10.1. The zero-order valence-electron chi connectivity index (χ0n) is 10.2. The molecule has 0 unspecified atom stereocenters. The molecule has 0 radical (unpaired) electrons. The molecular weight excluding hydrogens is 270 g/mol. The molecule has 2 rings (SSSR count). The quantitative estimate of drug-likeness (QED) is 0.766. The summed E-state index contributed by atoms with van der Waals surface area (Å²) in [6.45, 7) is 0. The van der Waals surface area contributed by atoms with E-state index >= 15 is 0 Å². The highest BCUT2D eigenvalue weighted by molar-refractivity contribution is 5.92. The third-order valence-corrected chi connectivity index (χ3v) is 2.54.